The van der Waals surface area contributed by atoms with Crippen LogP contribution in [0.5, 0.6) is 0 Å². The zero-order chi connectivity index (χ0) is 14.8. The van der Waals surface area contributed by atoms with Crippen LogP contribution in [0.1, 0.15) is 38.2 Å². The lowest BCUT2D eigenvalue weighted by molar-refractivity contribution is 0.281. The van der Waals surface area contributed by atoms with Crippen LogP contribution >= 0.6 is 15.9 Å². The molecule has 1 atom stereocenters. The van der Waals surface area contributed by atoms with E-state index in [1.54, 1.807) is 12.1 Å². The predicted octanol–water partition coefficient (Wildman–Crippen LogP) is 2.80. The van der Waals surface area contributed by atoms with Crippen molar-refractivity contribution < 1.29 is 13.5 Å². The number of sulfonamides is 1. The molecule has 2 rings (SSSR count). The Labute approximate surface area is 128 Å². The second-order valence-electron chi connectivity index (χ2n) is 5.38. The minimum absolute atomic E-state index is 0.0491. The molecule has 1 unspecified atom stereocenters. The van der Waals surface area contributed by atoms with E-state index in [0.29, 0.717) is 16.0 Å². The maximum atomic E-state index is 12.4. The highest BCUT2D eigenvalue weighted by Crippen LogP contribution is 2.29. The molecule has 0 spiro atoms. The molecule has 4 nitrogen and oxygen atoms in total. The standard InChI is InChI=1S/C14H20BrNO3S/c1-10(12-4-2-3-5-12)16-20(18,19)14-7-6-11(9-17)8-13(14)15/h6-8,10,12,16-17H,2-5,9H2,1H3. The Morgan fingerprint density at radius 3 is 2.60 bits per heavy atom. The number of benzene rings is 1. The third-order valence-electron chi connectivity index (χ3n) is 3.92. The summed E-state index contributed by atoms with van der Waals surface area (Å²) >= 11 is 3.27. The van der Waals surface area contributed by atoms with Crippen molar-refractivity contribution in [2.75, 3.05) is 0 Å². The van der Waals surface area contributed by atoms with Crippen molar-refractivity contribution in [3.63, 3.8) is 0 Å². The lowest BCUT2D eigenvalue weighted by Crippen LogP contribution is -2.37. The molecular weight excluding hydrogens is 342 g/mol. The van der Waals surface area contributed by atoms with Crippen LogP contribution in [0.25, 0.3) is 0 Å². The van der Waals surface area contributed by atoms with E-state index in [2.05, 4.69) is 20.7 Å². The van der Waals surface area contributed by atoms with Crippen LogP contribution in [0.3, 0.4) is 0 Å². The Kier molecular flexibility index (Phi) is 5.23. The van der Waals surface area contributed by atoms with Gasteiger partial charge in [0.2, 0.25) is 10.0 Å². The van der Waals surface area contributed by atoms with Crippen LogP contribution < -0.4 is 4.72 Å². The second kappa shape index (κ2) is 6.56. The van der Waals surface area contributed by atoms with Crippen LogP contribution in [-0.2, 0) is 16.6 Å². The number of rotatable bonds is 5. The highest BCUT2D eigenvalue weighted by atomic mass is 79.9. The molecular formula is C14H20BrNO3S. The topological polar surface area (TPSA) is 66.4 Å². The van der Waals surface area contributed by atoms with Gasteiger partial charge in [0.25, 0.3) is 0 Å². The summed E-state index contributed by atoms with van der Waals surface area (Å²) < 4.78 is 28.1. The van der Waals surface area contributed by atoms with E-state index in [4.69, 9.17) is 5.11 Å². The maximum Gasteiger partial charge on any atom is 0.241 e. The molecule has 0 aliphatic heterocycles. The fourth-order valence-electron chi connectivity index (χ4n) is 2.72. The van der Waals surface area contributed by atoms with Crippen molar-refractivity contribution in [1.82, 2.24) is 4.72 Å². The number of halogens is 1. The summed E-state index contributed by atoms with van der Waals surface area (Å²) in [7, 11) is -3.53. The fourth-order valence-corrected chi connectivity index (χ4v) is 5.16. The molecule has 1 aliphatic rings. The molecule has 0 bridgehead atoms. The van der Waals surface area contributed by atoms with Gasteiger partial charge in [-0.25, -0.2) is 13.1 Å². The molecule has 0 amide bonds. The van der Waals surface area contributed by atoms with Crippen LogP contribution in [0, 0.1) is 5.92 Å². The van der Waals surface area contributed by atoms with Crippen molar-refractivity contribution in [3.05, 3.63) is 28.2 Å². The van der Waals surface area contributed by atoms with Gasteiger partial charge in [0.15, 0.2) is 0 Å². The van der Waals surface area contributed by atoms with Crippen molar-refractivity contribution in [1.29, 1.82) is 0 Å². The van der Waals surface area contributed by atoms with Crippen LogP contribution in [0.15, 0.2) is 27.6 Å². The molecule has 1 aromatic carbocycles. The van der Waals surface area contributed by atoms with Gasteiger partial charge in [-0.05, 0) is 59.3 Å². The summed E-state index contributed by atoms with van der Waals surface area (Å²) in [4.78, 5) is 0.222. The number of hydrogen-bond donors (Lipinski definition) is 2. The molecule has 1 aliphatic carbocycles. The molecule has 1 aromatic rings. The summed E-state index contributed by atoms with van der Waals surface area (Å²) in [6, 6.07) is 4.74. The molecule has 0 heterocycles. The number of hydrogen-bond acceptors (Lipinski definition) is 3. The van der Waals surface area contributed by atoms with E-state index in [9.17, 15) is 8.42 Å². The minimum atomic E-state index is -3.53. The molecule has 0 saturated heterocycles. The molecule has 1 saturated carbocycles. The van der Waals surface area contributed by atoms with E-state index < -0.39 is 10.0 Å². The minimum Gasteiger partial charge on any atom is -0.392 e. The third-order valence-corrected chi connectivity index (χ3v) is 6.45. The highest BCUT2D eigenvalue weighted by Gasteiger charge is 2.27. The van der Waals surface area contributed by atoms with E-state index in [1.807, 2.05) is 6.92 Å². The Balaban J connectivity index is 2.17. The zero-order valence-electron chi connectivity index (χ0n) is 11.5. The first-order valence-corrected chi connectivity index (χ1v) is 9.13. The summed E-state index contributed by atoms with van der Waals surface area (Å²) in [5, 5.41) is 9.06. The molecule has 0 radical (unpaired) electrons. The first-order chi connectivity index (χ1) is 9.44. The van der Waals surface area contributed by atoms with Gasteiger partial charge in [-0.3, -0.25) is 0 Å². The van der Waals surface area contributed by atoms with Gasteiger partial charge in [0.05, 0.1) is 11.5 Å². The number of nitrogens with one attached hydrogen (secondary N) is 1. The SMILES string of the molecule is CC(NS(=O)(=O)c1ccc(CO)cc1Br)C1CCCC1. The van der Waals surface area contributed by atoms with Gasteiger partial charge in [-0.15, -0.1) is 0 Å². The van der Waals surface area contributed by atoms with Gasteiger partial charge < -0.3 is 5.11 Å². The maximum absolute atomic E-state index is 12.4. The molecule has 112 valence electrons. The molecule has 0 aromatic heterocycles. The predicted molar refractivity (Wildman–Crippen MR) is 81.8 cm³/mol. The Morgan fingerprint density at radius 1 is 1.40 bits per heavy atom. The Bertz CT molecular complexity index is 568. The van der Waals surface area contributed by atoms with Gasteiger partial charge in [0, 0.05) is 10.5 Å². The van der Waals surface area contributed by atoms with Gasteiger partial charge in [0.1, 0.15) is 0 Å². The summed E-state index contributed by atoms with van der Waals surface area (Å²) in [6.07, 6.45) is 4.56. The molecule has 6 heteroatoms. The lowest BCUT2D eigenvalue weighted by atomic mass is 10.0. The van der Waals surface area contributed by atoms with Crippen LogP contribution in [-0.4, -0.2) is 19.6 Å². The zero-order valence-corrected chi connectivity index (χ0v) is 13.9. The van der Waals surface area contributed by atoms with Crippen molar-refractivity contribution in [3.8, 4) is 0 Å². The monoisotopic (exact) mass is 361 g/mol. The second-order valence-corrected chi connectivity index (χ2v) is 7.91. The first kappa shape index (κ1) is 15.9. The van der Waals surface area contributed by atoms with Gasteiger partial charge >= 0.3 is 0 Å². The van der Waals surface area contributed by atoms with Crippen LogP contribution in [0.2, 0.25) is 0 Å². The summed E-state index contributed by atoms with van der Waals surface area (Å²) in [5.74, 6) is 0.431. The van der Waals surface area contributed by atoms with E-state index in [0.717, 1.165) is 12.8 Å². The molecule has 1 fully saturated rings. The first-order valence-electron chi connectivity index (χ1n) is 6.85. The van der Waals surface area contributed by atoms with Crippen molar-refractivity contribution >= 4 is 26.0 Å². The van der Waals surface area contributed by atoms with E-state index in [-0.39, 0.29) is 17.5 Å². The largest absolute Gasteiger partial charge is 0.392 e. The lowest BCUT2D eigenvalue weighted by Gasteiger charge is -2.20. The summed E-state index contributed by atoms with van der Waals surface area (Å²) in [5.41, 5.74) is 0.680. The fraction of sp³-hybridized carbons (Fsp3) is 0.571. The molecule has 2 N–H and O–H groups in total. The number of aliphatic hydroxyl groups is 1. The normalized spacial score (nSPS) is 18.4. The van der Waals surface area contributed by atoms with Gasteiger partial charge in [-0.2, -0.15) is 0 Å². The van der Waals surface area contributed by atoms with E-state index >= 15 is 0 Å². The van der Waals surface area contributed by atoms with Crippen molar-refractivity contribution in [2.45, 2.75) is 50.2 Å². The van der Waals surface area contributed by atoms with Crippen LogP contribution in [0.4, 0.5) is 0 Å². The number of aliphatic hydroxyl groups excluding tert-OH is 1. The van der Waals surface area contributed by atoms with Crippen molar-refractivity contribution in [2.24, 2.45) is 5.92 Å². The highest BCUT2D eigenvalue weighted by molar-refractivity contribution is 9.10. The quantitative estimate of drug-likeness (QED) is 0.847. The van der Waals surface area contributed by atoms with Gasteiger partial charge in [-0.1, -0.05) is 18.9 Å². The smallest absolute Gasteiger partial charge is 0.241 e. The summed E-state index contributed by atoms with van der Waals surface area (Å²) in [6.45, 7) is 1.83. The Morgan fingerprint density at radius 2 is 2.05 bits per heavy atom. The average Bonchev–Trinajstić information content (AvgIpc) is 2.91. The average molecular weight is 362 g/mol. The third kappa shape index (κ3) is 3.61. The Hall–Kier alpha value is -0.430. The molecule has 20 heavy (non-hydrogen) atoms. The van der Waals surface area contributed by atoms with E-state index in [1.165, 1.54) is 18.9 Å².